The Hall–Kier alpha value is -3.86. The number of hydrogen-bond acceptors (Lipinski definition) is 6. The summed E-state index contributed by atoms with van der Waals surface area (Å²) < 4.78 is 10.1. The van der Waals surface area contributed by atoms with Crippen molar-refractivity contribution in [2.45, 2.75) is 0 Å². The van der Waals surface area contributed by atoms with E-state index in [1.807, 2.05) is 6.07 Å². The number of imide groups is 1. The zero-order valence-electron chi connectivity index (χ0n) is 13.7. The maximum absolute atomic E-state index is 12.2. The number of nitrogens with one attached hydrogen (secondary N) is 1. The van der Waals surface area contributed by atoms with Crippen molar-refractivity contribution < 1.29 is 23.5 Å². The second-order valence-electron chi connectivity index (χ2n) is 5.35. The highest BCUT2D eigenvalue weighted by Crippen LogP contribution is 2.24. The van der Waals surface area contributed by atoms with E-state index >= 15 is 0 Å². The molecule has 0 unspecified atom stereocenters. The predicted octanol–water partition coefficient (Wildman–Crippen LogP) is 1.88. The van der Waals surface area contributed by atoms with Crippen LogP contribution in [0.3, 0.4) is 0 Å². The fraction of sp³-hybridized carbons (Fsp3) is 0.111. The van der Waals surface area contributed by atoms with Crippen molar-refractivity contribution in [3.63, 3.8) is 0 Å². The Morgan fingerprint density at radius 2 is 2.00 bits per heavy atom. The van der Waals surface area contributed by atoms with Gasteiger partial charge in [-0.2, -0.15) is 5.26 Å². The van der Waals surface area contributed by atoms with Crippen LogP contribution in [0.1, 0.15) is 11.3 Å². The van der Waals surface area contributed by atoms with Crippen molar-refractivity contribution in [3.05, 3.63) is 53.4 Å². The summed E-state index contributed by atoms with van der Waals surface area (Å²) in [5.74, 6) is -0.440. The highest BCUT2D eigenvalue weighted by atomic mass is 16.5. The highest BCUT2D eigenvalue weighted by molar-refractivity contribution is 6.15. The van der Waals surface area contributed by atoms with E-state index in [9.17, 15) is 14.4 Å². The van der Waals surface area contributed by atoms with Crippen molar-refractivity contribution in [2.24, 2.45) is 0 Å². The van der Waals surface area contributed by atoms with E-state index in [-0.39, 0.29) is 5.70 Å². The zero-order chi connectivity index (χ0) is 18.7. The Kier molecular flexibility index (Phi) is 4.53. The molecule has 2 heterocycles. The van der Waals surface area contributed by atoms with Crippen LogP contribution in [0.4, 0.5) is 4.79 Å². The number of ether oxygens (including phenoxy) is 1. The standard InChI is InChI=1S/C18H13N3O5/c1-25-16(22)10-21-17(23)14(20-18(21)24)8-13-6-7-15(26-13)12-4-2-11(9-19)3-5-12/h2-8H,10H2,1H3,(H,20,24)/b14-8+. The summed E-state index contributed by atoms with van der Waals surface area (Å²) in [6.07, 6.45) is 1.38. The lowest BCUT2D eigenvalue weighted by molar-refractivity contribution is -0.143. The summed E-state index contributed by atoms with van der Waals surface area (Å²) in [4.78, 5) is 36.1. The van der Waals surface area contributed by atoms with E-state index in [4.69, 9.17) is 9.68 Å². The molecule has 130 valence electrons. The third-order valence-corrected chi connectivity index (χ3v) is 3.69. The lowest BCUT2D eigenvalue weighted by atomic mass is 10.1. The molecule has 0 radical (unpaired) electrons. The van der Waals surface area contributed by atoms with Gasteiger partial charge in [-0.1, -0.05) is 0 Å². The van der Waals surface area contributed by atoms with Gasteiger partial charge in [-0.05, 0) is 36.4 Å². The number of methoxy groups -OCH3 is 1. The molecule has 1 aromatic carbocycles. The molecule has 1 aliphatic heterocycles. The Morgan fingerprint density at radius 3 is 2.65 bits per heavy atom. The van der Waals surface area contributed by atoms with Gasteiger partial charge in [0.25, 0.3) is 5.91 Å². The molecule has 26 heavy (non-hydrogen) atoms. The number of furan rings is 1. The number of amides is 3. The maximum Gasteiger partial charge on any atom is 0.329 e. The van der Waals surface area contributed by atoms with Crippen LogP contribution >= 0.6 is 0 Å². The minimum absolute atomic E-state index is 0.000341. The first-order valence-electron chi connectivity index (χ1n) is 7.53. The molecule has 3 rings (SSSR count). The number of rotatable bonds is 4. The summed E-state index contributed by atoms with van der Waals surface area (Å²) in [7, 11) is 1.17. The van der Waals surface area contributed by atoms with E-state index in [1.54, 1.807) is 36.4 Å². The molecular weight excluding hydrogens is 338 g/mol. The normalized spacial score (nSPS) is 15.1. The Morgan fingerprint density at radius 1 is 1.27 bits per heavy atom. The lowest BCUT2D eigenvalue weighted by Crippen LogP contribution is -2.36. The van der Waals surface area contributed by atoms with Gasteiger partial charge in [0.2, 0.25) is 0 Å². The Bertz CT molecular complexity index is 950. The number of urea groups is 1. The van der Waals surface area contributed by atoms with E-state index in [2.05, 4.69) is 10.1 Å². The van der Waals surface area contributed by atoms with Crippen LogP contribution in [-0.2, 0) is 14.3 Å². The molecule has 1 aromatic heterocycles. The molecular formula is C18H13N3O5. The number of esters is 1. The van der Waals surface area contributed by atoms with E-state index in [1.165, 1.54) is 13.2 Å². The molecule has 8 heteroatoms. The first-order chi connectivity index (χ1) is 12.5. The van der Waals surface area contributed by atoms with Crippen molar-refractivity contribution in [1.82, 2.24) is 10.2 Å². The van der Waals surface area contributed by atoms with Crippen molar-refractivity contribution in [3.8, 4) is 17.4 Å². The third kappa shape index (κ3) is 3.32. The van der Waals surface area contributed by atoms with Crippen LogP contribution in [0.2, 0.25) is 0 Å². The maximum atomic E-state index is 12.2. The molecule has 1 N–H and O–H groups in total. The van der Waals surface area contributed by atoms with Gasteiger partial charge in [0.1, 0.15) is 23.8 Å². The van der Waals surface area contributed by atoms with Gasteiger partial charge in [-0.3, -0.25) is 9.59 Å². The van der Waals surface area contributed by atoms with Crippen LogP contribution in [0.25, 0.3) is 17.4 Å². The summed E-state index contributed by atoms with van der Waals surface area (Å²) in [6.45, 7) is -0.465. The number of carbonyl (C=O) groups is 3. The SMILES string of the molecule is COC(=O)CN1C(=O)N/C(=C/c2ccc(-c3ccc(C#N)cc3)o2)C1=O. The number of carbonyl (C=O) groups excluding carboxylic acids is 3. The van der Waals surface area contributed by atoms with Crippen molar-refractivity contribution >= 4 is 24.0 Å². The molecule has 8 nitrogen and oxygen atoms in total. The van der Waals surface area contributed by atoms with Crippen molar-refractivity contribution in [1.29, 1.82) is 5.26 Å². The topological polar surface area (TPSA) is 113 Å². The first kappa shape index (κ1) is 17.0. The molecule has 3 amide bonds. The molecule has 1 saturated heterocycles. The first-order valence-corrected chi connectivity index (χ1v) is 7.53. The second-order valence-corrected chi connectivity index (χ2v) is 5.35. The fourth-order valence-corrected chi connectivity index (χ4v) is 2.35. The molecule has 0 atom stereocenters. The average molecular weight is 351 g/mol. The molecule has 0 saturated carbocycles. The summed E-state index contributed by atoms with van der Waals surface area (Å²) in [5, 5.41) is 11.2. The van der Waals surface area contributed by atoms with Gasteiger partial charge in [-0.15, -0.1) is 0 Å². The van der Waals surface area contributed by atoms with Crippen LogP contribution in [0, 0.1) is 11.3 Å². The van der Waals surface area contributed by atoms with Gasteiger partial charge in [0.15, 0.2) is 0 Å². The summed E-state index contributed by atoms with van der Waals surface area (Å²) in [5.41, 5.74) is 1.30. The second kappa shape index (κ2) is 6.94. The molecule has 1 aliphatic rings. The Labute approximate surface area is 148 Å². The molecule has 0 bridgehead atoms. The minimum atomic E-state index is -0.703. The quantitative estimate of drug-likeness (QED) is 0.511. The van der Waals surface area contributed by atoms with Crippen LogP contribution in [0.15, 0.2) is 46.5 Å². The van der Waals surface area contributed by atoms with E-state index < -0.39 is 24.5 Å². The molecule has 2 aromatic rings. The molecule has 0 aliphatic carbocycles. The monoisotopic (exact) mass is 351 g/mol. The van der Waals surface area contributed by atoms with Gasteiger partial charge in [0.05, 0.1) is 18.7 Å². The van der Waals surface area contributed by atoms with Crippen molar-refractivity contribution in [2.75, 3.05) is 13.7 Å². The number of nitriles is 1. The summed E-state index contributed by atoms with van der Waals surface area (Å²) >= 11 is 0. The van der Waals surface area contributed by atoms with Gasteiger partial charge in [0, 0.05) is 11.6 Å². The molecule has 0 spiro atoms. The lowest BCUT2D eigenvalue weighted by Gasteiger charge is -2.08. The van der Waals surface area contributed by atoms with Crippen LogP contribution in [-0.4, -0.2) is 36.5 Å². The fourth-order valence-electron chi connectivity index (χ4n) is 2.35. The van der Waals surface area contributed by atoms with Crippen LogP contribution < -0.4 is 5.32 Å². The zero-order valence-corrected chi connectivity index (χ0v) is 13.7. The predicted molar refractivity (Wildman–Crippen MR) is 89.1 cm³/mol. The van der Waals surface area contributed by atoms with Gasteiger partial charge in [-0.25, -0.2) is 9.69 Å². The van der Waals surface area contributed by atoms with E-state index in [0.717, 1.165) is 10.5 Å². The summed E-state index contributed by atoms with van der Waals surface area (Å²) in [6, 6.07) is 11.5. The van der Waals surface area contributed by atoms with Gasteiger partial charge < -0.3 is 14.5 Å². The minimum Gasteiger partial charge on any atom is -0.468 e. The third-order valence-electron chi connectivity index (χ3n) is 3.69. The number of nitrogens with zero attached hydrogens (tertiary/aromatic N) is 2. The van der Waals surface area contributed by atoms with Gasteiger partial charge >= 0.3 is 12.0 Å². The number of benzene rings is 1. The van der Waals surface area contributed by atoms with Crippen LogP contribution in [0.5, 0.6) is 0 Å². The smallest absolute Gasteiger partial charge is 0.329 e. The Balaban J connectivity index is 1.79. The molecule has 1 fully saturated rings. The average Bonchev–Trinajstić information content (AvgIpc) is 3.22. The largest absolute Gasteiger partial charge is 0.468 e. The number of hydrogen-bond donors (Lipinski definition) is 1. The van der Waals surface area contributed by atoms with E-state index in [0.29, 0.717) is 17.1 Å². The highest BCUT2D eigenvalue weighted by Gasteiger charge is 2.35.